The first kappa shape index (κ1) is 28.4. The van der Waals surface area contributed by atoms with Crippen molar-refractivity contribution in [2.75, 3.05) is 0 Å². The summed E-state index contributed by atoms with van der Waals surface area (Å²) in [6.07, 6.45) is 15.6. The van der Waals surface area contributed by atoms with Gasteiger partial charge in [-0.25, -0.2) is 4.79 Å². The molecule has 3 atom stereocenters. The highest BCUT2D eigenvalue weighted by Gasteiger charge is 2.40. The Morgan fingerprint density at radius 3 is 2.32 bits per heavy atom. The third kappa shape index (κ3) is 10.2. The highest BCUT2D eigenvalue weighted by atomic mass is 28.4. The van der Waals surface area contributed by atoms with Crippen molar-refractivity contribution in [2.45, 2.75) is 142 Å². The van der Waals surface area contributed by atoms with E-state index in [0.717, 1.165) is 38.5 Å². The van der Waals surface area contributed by atoms with Crippen LogP contribution in [0.4, 0.5) is 0 Å². The Morgan fingerprint density at radius 1 is 1.10 bits per heavy atom. The number of carboxylic acid groups (broad SMARTS) is 1. The number of unbranched alkanes of at least 4 members (excludes halogenated alkanes) is 7. The molecule has 0 aliphatic heterocycles. The summed E-state index contributed by atoms with van der Waals surface area (Å²) < 4.78 is 6.15. The monoisotopic (exact) mass is 454 g/mol. The van der Waals surface area contributed by atoms with Crippen LogP contribution in [-0.4, -0.2) is 36.7 Å². The van der Waals surface area contributed by atoms with Crippen LogP contribution in [0.2, 0.25) is 18.1 Å². The number of rotatable bonds is 16. The van der Waals surface area contributed by atoms with Crippen LogP contribution in [0.3, 0.4) is 0 Å². The molecule has 1 rings (SSSR count). The van der Waals surface area contributed by atoms with Gasteiger partial charge in [-0.3, -0.25) is 0 Å². The number of aliphatic hydroxyl groups excluding tert-OH is 1. The van der Waals surface area contributed by atoms with Gasteiger partial charge < -0.3 is 14.6 Å². The van der Waals surface area contributed by atoms with Gasteiger partial charge in [-0.15, -0.1) is 0 Å². The van der Waals surface area contributed by atoms with Gasteiger partial charge in [-0.05, 0) is 50.2 Å². The van der Waals surface area contributed by atoms with Crippen LogP contribution in [0.1, 0.15) is 111 Å². The van der Waals surface area contributed by atoms with Crippen molar-refractivity contribution >= 4 is 14.3 Å². The molecule has 0 aromatic heterocycles. The lowest BCUT2D eigenvalue weighted by molar-refractivity contribution is -0.146. The predicted molar refractivity (Wildman–Crippen MR) is 133 cm³/mol. The molecule has 0 spiro atoms. The number of hydrogen-bond acceptors (Lipinski definition) is 3. The van der Waals surface area contributed by atoms with Crippen molar-refractivity contribution in [2.24, 2.45) is 5.92 Å². The predicted octanol–water partition coefficient (Wildman–Crippen LogP) is 7.47. The van der Waals surface area contributed by atoms with Crippen molar-refractivity contribution in [1.29, 1.82) is 0 Å². The van der Waals surface area contributed by atoms with E-state index < -0.39 is 20.4 Å². The minimum atomic E-state index is -2.08. The topological polar surface area (TPSA) is 66.8 Å². The van der Waals surface area contributed by atoms with Gasteiger partial charge in [0, 0.05) is 5.92 Å². The first-order chi connectivity index (χ1) is 14.5. The second-order valence-corrected chi connectivity index (χ2v) is 15.8. The molecule has 182 valence electrons. The van der Waals surface area contributed by atoms with E-state index in [9.17, 15) is 15.0 Å². The molecule has 1 aliphatic rings. The van der Waals surface area contributed by atoms with Crippen LogP contribution < -0.4 is 0 Å². The Labute approximate surface area is 193 Å². The Bertz CT molecular complexity index is 550. The molecule has 1 unspecified atom stereocenters. The Balaban J connectivity index is 2.34. The maximum absolute atomic E-state index is 11.7. The number of aliphatic hydroxyl groups is 1. The molecule has 0 bridgehead atoms. The number of carbonyl (C=O) groups is 1. The van der Waals surface area contributed by atoms with Crippen molar-refractivity contribution in [3.63, 3.8) is 0 Å². The summed E-state index contributed by atoms with van der Waals surface area (Å²) >= 11 is 0. The van der Waals surface area contributed by atoms with E-state index in [1.165, 1.54) is 44.1 Å². The summed E-state index contributed by atoms with van der Waals surface area (Å²) in [7, 11) is -2.08. The van der Waals surface area contributed by atoms with Crippen LogP contribution >= 0.6 is 0 Å². The molecular weight excluding hydrogens is 404 g/mol. The van der Waals surface area contributed by atoms with E-state index in [2.05, 4.69) is 46.9 Å². The smallest absolute Gasteiger partial charge is 0.331 e. The average Bonchev–Trinajstić information content (AvgIpc) is 3.02. The second-order valence-electron chi connectivity index (χ2n) is 11.0. The summed E-state index contributed by atoms with van der Waals surface area (Å²) in [5.74, 6) is -0.519. The van der Waals surface area contributed by atoms with E-state index >= 15 is 0 Å². The summed E-state index contributed by atoms with van der Waals surface area (Å²) in [5.41, 5.74) is 1.47. The molecule has 0 radical (unpaired) electrons. The maximum atomic E-state index is 11.7. The fourth-order valence-electron chi connectivity index (χ4n) is 4.25. The van der Waals surface area contributed by atoms with E-state index in [1.54, 1.807) is 0 Å². The number of carboxylic acids is 1. The van der Waals surface area contributed by atoms with Crippen molar-refractivity contribution in [3.05, 3.63) is 11.6 Å². The summed E-state index contributed by atoms with van der Waals surface area (Å²) in [5, 5.41) is 20.0. The third-order valence-electron chi connectivity index (χ3n) is 7.38. The molecule has 0 aromatic carbocycles. The van der Waals surface area contributed by atoms with Crippen molar-refractivity contribution in [3.8, 4) is 0 Å². The molecule has 4 nitrogen and oxygen atoms in total. The average molecular weight is 455 g/mol. The maximum Gasteiger partial charge on any atom is 0.331 e. The normalized spacial score (nSPS) is 20.7. The number of aliphatic carboxylic acids is 1. The molecule has 0 aromatic rings. The molecule has 0 saturated carbocycles. The molecule has 0 fully saturated rings. The summed E-state index contributed by atoms with van der Waals surface area (Å²) in [6.45, 7) is 12.9. The molecule has 0 saturated heterocycles. The van der Waals surface area contributed by atoms with Crippen LogP contribution in [0, 0.1) is 5.92 Å². The van der Waals surface area contributed by atoms with Gasteiger partial charge >= 0.3 is 5.97 Å². The minimum absolute atomic E-state index is 0.0120. The zero-order valence-electron chi connectivity index (χ0n) is 21.2. The fourth-order valence-corrected chi connectivity index (χ4v) is 5.53. The van der Waals surface area contributed by atoms with Crippen LogP contribution in [0.25, 0.3) is 0 Å². The van der Waals surface area contributed by atoms with Gasteiger partial charge in [0.05, 0.1) is 6.10 Å². The van der Waals surface area contributed by atoms with Crippen molar-refractivity contribution in [1.82, 2.24) is 0 Å². The van der Waals surface area contributed by atoms with E-state index in [4.69, 9.17) is 4.43 Å². The van der Waals surface area contributed by atoms with Crippen LogP contribution in [0.5, 0.6) is 0 Å². The highest BCUT2D eigenvalue weighted by molar-refractivity contribution is 6.74. The van der Waals surface area contributed by atoms with Crippen molar-refractivity contribution < 1.29 is 19.4 Å². The highest BCUT2D eigenvalue weighted by Crippen LogP contribution is 2.38. The molecule has 31 heavy (non-hydrogen) atoms. The lowest BCUT2D eigenvalue weighted by atomic mass is 9.89. The first-order valence-electron chi connectivity index (χ1n) is 12.8. The summed E-state index contributed by atoms with van der Waals surface area (Å²) in [4.78, 5) is 11.7. The van der Waals surface area contributed by atoms with Gasteiger partial charge in [-0.1, -0.05) is 90.7 Å². The Morgan fingerprint density at radius 2 is 1.71 bits per heavy atom. The van der Waals surface area contributed by atoms with Gasteiger partial charge in [0.15, 0.2) is 8.32 Å². The molecule has 2 N–H and O–H groups in total. The van der Waals surface area contributed by atoms with E-state index in [0.29, 0.717) is 12.3 Å². The third-order valence-corrected chi connectivity index (χ3v) is 11.9. The lowest BCUT2D eigenvalue weighted by Gasteiger charge is -2.38. The molecule has 0 heterocycles. The second kappa shape index (κ2) is 13.8. The molecular formula is C26H50O4Si. The number of hydrogen-bond donors (Lipinski definition) is 2. The van der Waals surface area contributed by atoms with Gasteiger partial charge in [0.25, 0.3) is 0 Å². The van der Waals surface area contributed by atoms with E-state index in [1.807, 2.05) is 0 Å². The zero-order valence-corrected chi connectivity index (χ0v) is 22.2. The molecule has 1 aliphatic carbocycles. The fraction of sp³-hybridized carbons (Fsp3) is 0.885. The minimum Gasteiger partial charge on any atom is -0.479 e. The Hall–Kier alpha value is -0.653. The SMILES string of the molecule is CCCCCCCCC1=CC[C@H](O)[C@@H]1CCCCCC(O[Si](C)(C)C(C)(C)C)C(=O)O. The largest absolute Gasteiger partial charge is 0.479 e. The van der Waals surface area contributed by atoms with Gasteiger partial charge in [0.2, 0.25) is 0 Å². The zero-order chi connectivity index (χ0) is 23.5. The molecule has 5 heteroatoms. The van der Waals surface area contributed by atoms with Crippen LogP contribution in [0.15, 0.2) is 11.6 Å². The van der Waals surface area contributed by atoms with E-state index in [-0.39, 0.29) is 11.1 Å². The quantitative estimate of drug-likeness (QED) is 0.144. The standard InChI is InChI=1S/C26H50O4Si/c1-7-8-9-10-11-13-16-21-19-20-23(27)22(21)17-14-12-15-18-24(25(28)29)30-31(5,6)26(2,3)4/h19,22-24,27H,7-18,20H2,1-6H3,(H,28,29)/t22-,23+,24?/m1/s1. The summed E-state index contributed by atoms with van der Waals surface area (Å²) in [6, 6.07) is 0. The first-order valence-corrected chi connectivity index (χ1v) is 15.7. The van der Waals surface area contributed by atoms with Crippen LogP contribution in [-0.2, 0) is 9.22 Å². The Kier molecular flexibility index (Phi) is 12.6. The molecule has 0 amide bonds. The lowest BCUT2D eigenvalue weighted by Crippen LogP contribution is -2.46. The van der Waals surface area contributed by atoms with Gasteiger partial charge in [0.1, 0.15) is 6.10 Å². The van der Waals surface area contributed by atoms with Gasteiger partial charge in [-0.2, -0.15) is 0 Å².